The molecule has 2 atom stereocenters. The smallest absolute Gasteiger partial charge is 0.241 e. The fourth-order valence-electron chi connectivity index (χ4n) is 2.71. The van der Waals surface area contributed by atoms with Crippen LogP contribution in [-0.4, -0.2) is 43.0 Å². The third kappa shape index (κ3) is 4.70. The zero-order chi connectivity index (χ0) is 14.5. The van der Waals surface area contributed by atoms with Crippen molar-refractivity contribution < 1.29 is 4.79 Å². The van der Waals surface area contributed by atoms with Crippen molar-refractivity contribution in [1.29, 1.82) is 0 Å². The second kappa shape index (κ2) is 8.37. The maximum Gasteiger partial charge on any atom is 0.241 e. The van der Waals surface area contributed by atoms with E-state index in [9.17, 15) is 4.79 Å². The van der Waals surface area contributed by atoms with Crippen LogP contribution in [0, 0.1) is 6.92 Å². The molecule has 1 aromatic rings. The summed E-state index contributed by atoms with van der Waals surface area (Å²) in [6.07, 6.45) is 2.34. The van der Waals surface area contributed by atoms with Gasteiger partial charge in [-0.1, -0.05) is 18.2 Å². The molecular formula is C16H26ClN3O. The summed E-state index contributed by atoms with van der Waals surface area (Å²) < 4.78 is 0. The molecule has 4 nitrogen and oxygen atoms in total. The van der Waals surface area contributed by atoms with Crippen LogP contribution in [0.5, 0.6) is 0 Å². The molecule has 1 amide bonds. The Morgan fingerprint density at radius 2 is 2.10 bits per heavy atom. The van der Waals surface area contributed by atoms with Gasteiger partial charge < -0.3 is 10.6 Å². The molecule has 21 heavy (non-hydrogen) atoms. The number of nitrogens with one attached hydrogen (secondary N) is 2. The zero-order valence-corrected chi connectivity index (χ0v) is 13.9. The lowest BCUT2D eigenvalue weighted by atomic mass is 10.0. The van der Waals surface area contributed by atoms with Crippen LogP contribution < -0.4 is 10.6 Å². The van der Waals surface area contributed by atoms with Gasteiger partial charge in [-0.05, 0) is 51.9 Å². The molecule has 1 aromatic carbocycles. The van der Waals surface area contributed by atoms with Crippen LogP contribution in [-0.2, 0) is 4.79 Å². The molecule has 1 fully saturated rings. The normalized spacial score (nSPS) is 20.4. The van der Waals surface area contributed by atoms with E-state index in [-0.39, 0.29) is 24.4 Å². The average molecular weight is 312 g/mol. The lowest BCUT2D eigenvalue weighted by molar-refractivity contribution is -0.121. The highest BCUT2D eigenvalue weighted by atomic mass is 35.5. The minimum absolute atomic E-state index is 0. The van der Waals surface area contributed by atoms with Crippen molar-refractivity contribution in [3.8, 4) is 0 Å². The second-order valence-electron chi connectivity index (χ2n) is 5.60. The van der Waals surface area contributed by atoms with E-state index < -0.39 is 0 Å². The number of benzene rings is 1. The summed E-state index contributed by atoms with van der Waals surface area (Å²) in [6.45, 7) is 5.95. The van der Waals surface area contributed by atoms with Crippen LogP contribution >= 0.6 is 12.4 Å². The molecular weight excluding hydrogens is 286 g/mol. The number of hydrogen-bond donors (Lipinski definition) is 2. The molecule has 2 unspecified atom stereocenters. The predicted octanol–water partition coefficient (Wildman–Crippen LogP) is 2.43. The molecule has 1 heterocycles. The molecule has 1 aliphatic rings. The monoisotopic (exact) mass is 311 g/mol. The average Bonchev–Trinajstić information content (AvgIpc) is 2.48. The quantitative estimate of drug-likeness (QED) is 0.897. The predicted molar refractivity (Wildman–Crippen MR) is 90.2 cm³/mol. The van der Waals surface area contributed by atoms with Crippen molar-refractivity contribution in [2.75, 3.05) is 25.5 Å². The van der Waals surface area contributed by atoms with Crippen LogP contribution in [0.2, 0.25) is 0 Å². The fraction of sp³-hybridized carbons (Fsp3) is 0.562. The van der Waals surface area contributed by atoms with E-state index in [1.165, 1.54) is 6.42 Å². The van der Waals surface area contributed by atoms with E-state index in [0.29, 0.717) is 6.04 Å². The topological polar surface area (TPSA) is 44.4 Å². The molecule has 0 saturated carbocycles. The van der Waals surface area contributed by atoms with Crippen LogP contribution in [0.1, 0.15) is 25.3 Å². The van der Waals surface area contributed by atoms with Crippen LogP contribution in [0.25, 0.3) is 0 Å². The molecule has 0 aromatic heterocycles. The molecule has 2 rings (SSSR count). The van der Waals surface area contributed by atoms with Gasteiger partial charge in [-0.15, -0.1) is 12.4 Å². The molecule has 0 spiro atoms. The number of hydrogen-bond acceptors (Lipinski definition) is 3. The Kier molecular flexibility index (Phi) is 7.15. The Morgan fingerprint density at radius 1 is 1.38 bits per heavy atom. The van der Waals surface area contributed by atoms with Crippen molar-refractivity contribution in [2.45, 2.75) is 38.8 Å². The minimum Gasteiger partial charge on any atom is -0.324 e. The van der Waals surface area contributed by atoms with Gasteiger partial charge in [-0.25, -0.2) is 0 Å². The molecule has 2 N–H and O–H groups in total. The number of amides is 1. The first-order valence-electron chi connectivity index (χ1n) is 7.39. The lowest BCUT2D eigenvalue weighted by Gasteiger charge is -2.36. The summed E-state index contributed by atoms with van der Waals surface area (Å²) in [5.41, 5.74) is 2.01. The number of para-hydroxylation sites is 1. The molecule has 0 bridgehead atoms. The van der Waals surface area contributed by atoms with Crippen molar-refractivity contribution in [3.63, 3.8) is 0 Å². The van der Waals surface area contributed by atoms with Crippen molar-refractivity contribution in [3.05, 3.63) is 29.8 Å². The van der Waals surface area contributed by atoms with Gasteiger partial charge >= 0.3 is 0 Å². The van der Waals surface area contributed by atoms with Crippen LogP contribution in [0.15, 0.2) is 24.3 Å². The van der Waals surface area contributed by atoms with E-state index in [1.807, 2.05) is 45.2 Å². The van der Waals surface area contributed by atoms with Crippen molar-refractivity contribution in [1.82, 2.24) is 10.2 Å². The SMILES string of the molecule is CNC1CCCN(C(C)C(=O)Nc2ccccc2C)C1.Cl. The van der Waals surface area contributed by atoms with Crippen molar-refractivity contribution in [2.24, 2.45) is 0 Å². The van der Waals surface area contributed by atoms with Crippen molar-refractivity contribution >= 4 is 24.0 Å². The first-order valence-corrected chi connectivity index (χ1v) is 7.39. The lowest BCUT2D eigenvalue weighted by Crippen LogP contribution is -2.51. The maximum atomic E-state index is 12.4. The Hall–Kier alpha value is -1.10. The van der Waals surface area contributed by atoms with E-state index in [4.69, 9.17) is 0 Å². The highest BCUT2D eigenvalue weighted by Gasteiger charge is 2.26. The van der Waals surface area contributed by atoms with E-state index in [2.05, 4.69) is 15.5 Å². The highest BCUT2D eigenvalue weighted by molar-refractivity contribution is 5.95. The van der Waals surface area contributed by atoms with Gasteiger partial charge in [-0.2, -0.15) is 0 Å². The second-order valence-corrected chi connectivity index (χ2v) is 5.60. The first-order chi connectivity index (χ1) is 9.61. The number of anilines is 1. The zero-order valence-electron chi connectivity index (χ0n) is 13.1. The number of rotatable bonds is 4. The molecule has 1 saturated heterocycles. The number of aryl methyl sites for hydroxylation is 1. The minimum atomic E-state index is -0.0919. The number of likely N-dealkylation sites (tertiary alicyclic amines) is 1. The fourth-order valence-corrected chi connectivity index (χ4v) is 2.71. The maximum absolute atomic E-state index is 12.4. The van der Waals surface area contributed by atoms with E-state index in [0.717, 1.165) is 30.8 Å². The summed E-state index contributed by atoms with van der Waals surface area (Å²) in [4.78, 5) is 14.6. The Bertz CT molecular complexity index is 467. The number of carbonyl (C=O) groups is 1. The standard InChI is InChI=1S/C16H25N3O.ClH/c1-12-7-4-5-9-15(12)18-16(20)13(2)19-10-6-8-14(11-19)17-3;/h4-5,7,9,13-14,17H,6,8,10-11H2,1-3H3,(H,18,20);1H. The Balaban J connectivity index is 0.00000220. The van der Waals surface area contributed by atoms with Gasteiger partial charge in [0.05, 0.1) is 6.04 Å². The number of piperidine rings is 1. The summed E-state index contributed by atoms with van der Waals surface area (Å²) in [5, 5.41) is 6.35. The highest BCUT2D eigenvalue weighted by Crippen LogP contribution is 2.17. The third-order valence-electron chi connectivity index (χ3n) is 4.19. The van der Waals surface area contributed by atoms with E-state index >= 15 is 0 Å². The number of carbonyl (C=O) groups excluding carboxylic acids is 1. The largest absolute Gasteiger partial charge is 0.324 e. The third-order valence-corrected chi connectivity index (χ3v) is 4.19. The summed E-state index contributed by atoms with van der Waals surface area (Å²) in [5.74, 6) is 0.0797. The molecule has 1 aliphatic heterocycles. The summed E-state index contributed by atoms with van der Waals surface area (Å²) in [7, 11) is 1.99. The number of halogens is 1. The van der Waals surface area contributed by atoms with Gasteiger partial charge in [-0.3, -0.25) is 9.69 Å². The van der Waals surface area contributed by atoms with Crippen LogP contribution in [0.4, 0.5) is 5.69 Å². The number of nitrogens with zero attached hydrogens (tertiary/aromatic N) is 1. The summed E-state index contributed by atoms with van der Waals surface area (Å²) in [6, 6.07) is 8.30. The van der Waals surface area contributed by atoms with E-state index in [1.54, 1.807) is 0 Å². The molecule has 0 radical (unpaired) electrons. The van der Waals surface area contributed by atoms with Gasteiger partial charge in [0.1, 0.15) is 0 Å². The first kappa shape index (κ1) is 18.0. The van der Waals surface area contributed by atoms with Gasteiger partial charge in [0.25, 0.3) is 0 Å². The Morgan fingerprint density at radius 3 is 2.76 bits per heavy atom. The Labute approximate surface area is 133 Å². The summed E-state index contributed by atoms with van der Waals surface area (Å²) >= 11 is 0. The van der Waals surface area contributed by atoms with Crippen LogP contribution in [0.3, 0.4) is 0 Å². The molecule has 0 aliphatic carbocycles. The number of likely N-dealkylation sites (N-methyl/N-ethyl adjacent to an activating group) is 1. The molecule has 118 valence electrons. The van der Waals surface area contributed by atoms with Gasteiger partial charge in [0.2, 0.25) is 5.91 Å². The van der Waals surface area contributed by atoms with Gasteiger partial charge in [0.15, 0.2) is 0 Å². The van der Waals surface area contributed by atoms with Gasteiger partial charge in [0, 0.05) is 18.3 Å². The molecule has 5 heteroatoms.